The quantitative estimate of drug-likeness (QED) is 0.656. The normalized spacial score (nSPS) is 10.9. The van der Waals surface area contributed by atoms with Gasteiger partial charge in [0, 0.05) is 0 Å². The molecule has 0 spiro atoms. The van der Waals surface area contributed by atoms with Gasteiger partial charge in [0.2, 0.25) is 0 Å². The number of benzene rings is 2. The summed E-state index contributed by atoms with van der Waals surface area (Å²) in [4.78, 5) is 11.6. The van der Waals surface area contributed by atoms with Crippen molar-refractivity contribution in [3.8, 4) is 5.75 Å². The average Bonchev–Trinajstić information content (AvgIpc) is 2.54. The maximum absolute atomic E-state index is 11.6. The SMILES string of the molecule is CC(C)c1ccc(/C=N/NC(=O)COc2ccccc2)cc1. The Morgan fingerprint density at radius 3 is 2.45 bits per heavy atom. The molecule has 4 heteroatoms. The predicted octanol–water partition coefficient (Wildman–Crippen LogP) is 3.34. The second-order valence-electron chi connectivity index (χ2n) is 5.22. The molecule has 1 N–H and O–H groups in total. The third-order valence-corrected chi connectivity index (χ3v) is 3.12. The van der Waals surface area contributed by atoms with Crippen molar-refractivity contribution in [2.75, 3.05) is 6.61 Å². The molecule has 0 aliphatic heterocycles. The Morgan fingerprint density at radius 1 is 1.14 bits per heavy atom. The minimum atomic E-state index is -0.293. The largest absolute Gasteiger partial charge is 0.484 e. The summed E-state index contributed by atoms with van der Waals surface area (Å²) in [6, 6.07) is 17.3. The van der Waals surface area contributed by atoms with Gasteiger partial charge in [0.15, 0.2) is 6.61 Å². The molecule has 1 amide bonds. The number of hydrogen-bond donors (Lipinski definition) is 1. The topological polar surface area (TPSA) is 50.7 Å². The Labute approximate surface area is 130 Å². The van der Waals surface area contributed by atoms with Crippen molar-refractivity contribution >= 4 is 12.1 Å². The number of nitrogens with one attached hydrogen (secondary N) is 1. The molecular weight excluding hydrogens is 276 g/mol. The van der Waals surface area contributed by atoms with Crippen LogP contribution in [-0.4, -0.2) is 18.7 Å². The Kier molecular flexibility index (Phi) is 5.72. The molecule has 0 aliphatic carbocycles. The van der Waals surface area contributed by atoms with Crippen molar-refractivity contribution < 1.29 is 9.53 Å². The van der Waals surface area contributed by atoms with Crippen LogP contribution in [0, 0.1) is 0 Å². The monoisotopic (exact) mass is 296 g/mol. The first-order valence-electron chi connectivity index (χ1n) is 7.25. The highest BCUT2D eigenvalue weighted by molar-refractivity contribution is 5.82. The summed E-state index contributed by atoms with van der Waals surface area (Å²) in [5.74, 6) is 0.866. The molecule has 0 atom stereocenters. The lowest BCUT2D eigenvalue weighted by atomic mass is 10.0. The summed E-state index contributed by atoms with van der Waals surface area (Å²) >= 11 is 0. The summed E-state index contributed by atoms with van der Waals surface area (Å²) in [6.07, 6.45) is 1.62. The predicted molar refractivity (Wildman–Crippen MR) is 88.2 cm³/mol. The Bertz CT molecular complexity index is 619. The van der Waals surface area contributed by atoms with E-state index < -0.39 is 0 Å². The van der Waals surface area contributed by atoms with Crippen LogP contribution in [0.3, 0.4) is 0 Å². The molecule has 0 bridgehead atoms. The zero-order chi connectivity index (χ0) is 15.8. The Morgan fingerprint density at radius 2 is 1.82 bits per heavy atom. The average molecular weight is 296 g/mol. The number of ether oxygens (including phenoxy) is 1. The molecule has 0 saturated carbocycles. The number of para-hydroxylation sites is 1. The fourth-order valence-electron chi connectivity index (χ4n) is 1.84. The number of carbonyl (C=O) groups excluding carboxylic acids is 1. The van der Waals surface area contributed by atoms with E-state index in [4.69, 9.17) is 4.74 Å². The van der Waals surface area contributed by atoms with E-state index in [1.165, 1.54) is 5.56 Å². The van der Waals surface area contributed by atoms with Gasteiger partial charge in [-0.1, -0.05) is 56.3 Å². The molecule has 0 radical (unpaired) electrons. The van der Waals surface area contributed by atoms with Gasteiger partial charge in [-0.2, -0.15) is 5.10 Å². The molecule has 0 aromatic heterocycles. The molecule has 0 aliphatic rings. The van der Waals surface area contributed by atoms with Gasteiger partial charge < -0.3 is 4.74 Å². The van der Waals surface area contributed by atoms with Gasteiger partial charge in [-0.15, -0.1) is 0 Å². The van der Waals surface area contributed by atoms with Crippen LogP contribution in [-0.2, 0) is 4.79 Å². The zero-order valence-electron chi connectivity index (χ0n) is 12.8. The standard InChI is InChI=1S/C18H20N2O2/c1-14(2)16-10-8-15(9-11-16)12-19-20-18(21)13-22-17-6-4-3-5-7-17/h3-12,14H,13H2,1-2H3,(H,20,21)/b19-12+. The van der Waals surface area contributed by atoms with Crippen LogP contribution in [0.1, 0.15) is 30.9 Å². The molecule has 2 rings (SSSR count). The van der Waals surface area contributed by atoms with E-state index in [0.29, 0.717) is 11.7 Å². The van der Waals surface area contributed by atoms with E-state index in [2.05, 4.69) is 36.5 Å². The Balaban J connectivity index is 1.78. The molecule has 4 nitrogen and oxygen atoms in total. The number of carbonyl (C=O) groups is 1. The van der Waals surface area contributed by atoms with Crippen molar-refractivity contribution in [3.05, 3.63) is 65.7 Å². The zero-order valence-corrected chi connectivity index (χ0v) is 12.8. The lowest BCUT2D eigenvalue weighted by molar-refractivity contribution is -0.123. The number of hydrazone groups is 1. The maximum Gasteiger partial charge on any atom is 0.277 e. The molecule has 0 saturated heterocycles. The van der Waals surface area contributed by atoms with Crippen molar-refractivity contribution in [1.29, 1.82) is 0 Å². The van der Waals surface area contributed by atoms with E-state index in [9.17, 15) is 4.79 Å². The van der Waals surface area contributed by atoms with Crippen LogP contribution < -0.4 is 10.2 Å². The summed E-state index contributed by atoms with van der Waals surface area (Å²) in [5.41, 5.74) is 4.66. The number of nitrogens with zero attached hydrogens (tertiary/aromatic N) is 1. The summed E-state index contributed by atoms with van der Waals surface area (Å²) in [6.45, 7) is 4.24. The highest BCUT2D eigenvalue weighted by Gasteiger charge is 2.01. The summed E-state index contributed by atoms with van der Waals surface area (Å²) in [5, 5.41) is 3.92. The van der Waals surface area contributed by atoms with E-state index >= 15 is 0 Å². The first-order chi connectivity index (χ1) is 10.6. The summed E-state index contributed by atoms with van der Waals surface area (Å²) in [7, 11) is 0. The second kappa shape index (κ2) is 7.98. The van der Waals surface area contributed by atoms with Gasteiger partial charge in [-0.25, -0.2) is 5.43 Å². The molecule has 0 unspecified atom stereocenters. The van der Waals surface area contributed by atoms with E-state index in [1.807, 2.05) is 30.3 Å². The first-order valence-corrected chi connectivity index (χ1v) is 7.25. The van der Waals surface area contributed by atoms with Crippen molar-refractivity contribution in [2.45, 2.75) is 19.8 Å². The number of rotatable bonds is 6. The fourth-order valence-corrected chi connectivity index (χ4v) is 1.84. The van der Waals surface area contributed by atoms with Gasteiger partial charge in [-0.05, 0) is 29.2 Å². The summed E-state index contributed by atoms with van der Waals surface area (Å²) < 4.78 is 5.33. The van der Waals surface area contributed by atoms with Crippen LogP contribution in [0.2, 0.25) is 0 Å². The van der Waals surface area contributed by atoms with Crippen molar-refractivity contribution in [2.24, 2.45) is 5.10 Å². The smallest absolute Gasteiger partial charge is 0.277 e. The van der Waals surface area contributed by atoms with Gasteiger partial charge in [0.1, 0.15) is 5.75 Å². The Hall–Kier alpha value is -2.62. The van der Waals surface area contributed by atoms with Gasteiger partial charge >= 0.3 is 0 Å². The molecule has 0 heterocycles. The lowest BCUT2D eigenvalue weighted by Crippen LogP contribution is -2.24. The molecular formula is C18H20N2O2. The second-order valence-corrected chi connectivity index (χ2v) is 5.22. The van der Waals surface area contributed by atoms with E-state index in [1.54, 1.807) is 18.3 Å². The first kappa shape index (κ1) is 15.8. The number of hydrogen-bond acceptors (Lipinski definition) is 3. The van der Waals surface area contributed by atoms with Crippen LogP contribution in [0.4, 0.5) is 0 Å². The minimum Gasteiger partial charge on any atom is -0.484 e. The van der Waals surface area contributed by atoms with E-state index in [-0.39, 0.29) is 12.5 Å². The number of amides is 1. The highest BCUT2D eigenvalue weighted by atomic mass is 16.5. The highest BCUT2D eigenvalue weighted by Crippen LogP contribution is 2.13. The minimum absolute atomic E-state index is 0.0619. The van der Waals surface area contributed by atoms with Gasteiger partial charge in [0.25, 0.3) is 5.91 Å². The van der Waals surface area contributed by atoms with Gasteiger partial charge in [-0.3, -0.25) is 4.79 Å². The van der Waals surface area contributed by atoms with Crippen LogP contribution in [0.15, 0.2) is 59.7 Å². The molecule has 0 fully saturated rings. The molecule has 114 valence electrons. The van der Waals surface area contributed by atoms with Crippen molar-refractivity contribution in [3.63, 3.8) is 0 Å². The fraction of sp³-hybridized carbons (Fsp3) is 0.222. The third-order valence-electron chi connectivity index (χ3n) is 3.12. The van der Waals surface area contributed by atoms with Gasteiger partial charge in [0.05, 0.1) is 6.21 Å². The molecule has 22 heavy (non-hydrogen) atoms. The maximum atomic E-state index is 11.6. The van der Waals surface area contributed by atoms with Crippen LogP contribution in [0.5, 0.6) is 5.75 Å². The lowest BCUT2D eigenvalue weighted by Gasteiger charge is -2.05. The molecule has 2 aromatic carbocycles. The van der Waals surface area contributed by atoms with E-state index in [0.717, 1.165) is 5.56 Å². The molecule has 2 aromatic rings. The van der Waals surface area contributed by atoms with Crippen LogP contribution in [0.25, 0.3) is 0 Å². The van der Waals surface area contributed by atoms with Crippen molar-refractivity contribution in [1.82, 2.24) is 5.43 Å². The third kappa shape index (κ3) is 5.05. The van der Waals surface area contributed by atoms with Crippen LogP contribution >= 0.6 is 0 Å².